The molecule has 1 amide bonds. The van der Waals surface area contributed by atoms with E-state index in [1.807, 2.05) is 48.5 Å². The molecule has 1 aliphatic rings. The molecule has 0 unspecified atom stereocenters. The third-order valence-corrected chi connectivity index (χ3v) is 6.30. The van der Waals surface area contributed by atoms with Crippen molar-refractivity contribution < 1.29 is 9.53 Å². The van der Waals surface area contributed by atoms with Crippen molar-refractivity contribution in [3.05, 3.63) is 65.2 Å². The van der Waals surface area contributed by atoms with Gasteiger partial charge in [-0.15, -0.1) is 11.8 Å². The van der Waals surface area contributed by atoms with Crippen molar-refractivity contribution in [2.24, 2.45) is 0 Å². The minimum atomic E-state index is -0.121. The van der Waals surface area contributed by atoms with Crippen molar-refractivity contribution in [2.45, 2.75) is 30.0 Å². The molecule has 5 nitrogen and oxygen atoms in total. The van der Waals surface area contributed by atoms with E-state index in [0.29, 0.717) is 17.7 Å². The van der Waals surface area contributed by atoms with E-state index >= 15 is 0 Å². The minimum absolute atomic E-state index is 0.0470. The molecule has 0 aliphatic carbocycles. The lowest BCUT2D eigenvalue weighted by atomic mass is 10.0. The molecular weight excluding hydrogens is 382 g/mol. The normalized spacial score (nSPS) is 14.9. The molecule has 1 fully saturated rings. The standard InChI is InChI=1S/C23H27N3O2S/c1-23(2,26-11-13-28-14-12-26)17-25-22(27)20-5-3-4-6-21(20)29-16-19-9-7-18(15-24)8-10-19/h3-10H,11-14,16-17H2,1-2H3,(H,25,27). The zero-order valence-corrected chi connectivity index (χ0v) is 17.8. The van der Waals surface area contributed by atoms with Gasteiger partial charge >= 0.3 is 0 Å². The molecule has 29 heavy (non-hydrogen) atoms. The quantitative estimate of drug-likeness (QED) is 0.707. The molecular formula is C23H27N3O2S. The van der Waals surface area contributed by atoms with Crippen LogP contribution in [0, 0.1) is 11.3 Å². The fraction of sp³-hybridized carbons (Fsp3) is 0.391. The molecule has 1 saturated heterocycles. The van der Waals surface area contributed by atoms with Crippen LogP contribution in [0.2, 0.25) is 0 Å². The summed E-state index contributed by atoms with van der Waals surface area (Å²) in [5.74, 6) is 0.698. The molecule has 6 heteroatoms. The molecule has 1 aliphatic heterocycles. The zero-order valence-electron chi connectivity index (χ0n) is 17.0. The summed E-state index contributed by atoms with van der Waals surface area (Å²) in [6, 6.07) is 17.4. The molecule has 0 saturated carbocycles. The van der Waals surface area contributed by atoms with Gasteiger partial charge in [-0.05, 0) is 43.7 Å². The van der Waals surface area contributed by atoms with Crippen LogP contribution >= 0.6 is 11.8 Å². The Hall–Kier alpha value is -2.33. The first-order chi connectivity index (χ1) is 14.0. The van der Waals surface area contributed by atoms with Crippen LogP contribution in [0.15, 0.2) is 53.4 Å². The number of hydrogen-bond donors (Lipinski definition) is 1. The number of carbonyl (C=O) groups excluding carboxylic acids is 1. The average Bonchev–Trinajstić information content (AvgIpc) is 2.77. The summed E-state index contributed by atoms with van der Waals surface area (Å²) in [5.41, 5.74) is 2.35. The van der Waals surface area contributed by atoms with Gasteiger partial charge in [-0.1, -0.05) is 24.3 Å². The number of nitrogens with zero attached hydrogens (tertiary/aromatic N) is 2. The molecule has 3 rings (SSSR count). The number of ether oxygens (including phenoxy) is 1. The van der Waals surface area contributed by atoms with Crippen LogP contribution in [-0.4, -0.2) is 49.2 Å². The van der Waals surface area contributed by atoms with Crippen LogP contribution in [-0.2, 0) is 10.5 Å². The van der Waals surface area contributed by atoms with Gasteiger partial charge in [-0.25, -0.2) is 0 Å². The molecule has 1 N–H and O–H groups in total. The highest BCUT2D eigenvalue weighted by molar-refractivity contribution is 7.98. The second-order valence-corrected chi connectivity index (χ2v) is 8.71. The minimum Gasteiger partial charge on any atom is -0.379 e. The Labute approximate surface area is 177 Å². The van der Waals surface area contributed by atoms with Crippen molar-refractivity contribution in [2.75, 3.05) is 32.8 Å². The smallest absolute Gasteiger partial charge is 0.252 e. The molecule has 0 bridgehead atoms. The number of carbonyl (C=O) groups is 1. The van der Waals surface area contributed by atoms with Crippen molar-refractivity contribution in [1.29, 1.82) is 5.26 Å². The summed E-state index contributed by atoms with van der Waals surface area (Å²) in [6.45, 7) is 8.16. The SMILES string of the molecule is CC(C)(CNC(=O)c1ccccc1SCc1ccc(C#N)cc1)N1CCOCC1. The number of nitrogens with one attached hydrogen (secondary N) is 1. The lowest BCUT2D eigenvalue weighted by Crippen LogP contribution is -2.55. The predicted molar refractivity (Wildman–Crippen MR) is 116 cm³/mol. The van der Waals surface area contributed by atoms with E-state index in [1.165, 1.54) is 0 Å². The van der Waals surface area contributed by atoms with Crippen LogP contribution in [0.1, 0.15) is 35.3 Å². The second-order valence-electron chi connectivity index (χ2n) is 7.69. The molecule has 2 aromatic rings. The zero-order chi connectivity index (χ0) is 20.7. The lowest BCUT2D eigenvalue weighted by molar-refractivity contribution is -0.00924. The Morgan fingerprint density at radius 2 is 1.86 bits per heavy atom. The largest absolute Gasteiger partial charge is 0.379 e. The second kappa shape index (κ2) is 9.93. The van der Waals surface area contributed by atoms with Crippen LogP contribution in [0.25, 0.3) is 0 Å². The molecule has 0 aromatic heterocycles. The first kappa shape index (κ1) is 21.4. The Balaban J connectivity index is 1.61. The molecule has 152 valence electrons. The van der Waals surface area contributed by atoms with E-state index in [0.717, 1.165) is 42.5 Å². The number of nitriles is 1. The van der Waals surface area contributed by atoms with Gasteiger partial charge in [0.2, 0.25) is 0 Å². The Morgan fingerprint density at radius 1 is 1.17 bits per heavy atom. The summed E-state index contributed by atoms with van der Waals surface area (Å²) in [5, 5.41) is 12.0. The monoisotopic (exact) mass is 409 g/mol. The van der Waals surface area contributed by atoms with E-state index in [9.17, 15) is 4.79 Å². The van der Waals surface area contributed by atoms with E-state index in [4.69, 9.17) is 10.00 Å². The third-order valence-electron chi connectivity index (χ3n) is 5.16. The van der Waals surface area contributed by atoms with Crippen molar-refractivity contribution >= 4 is 17.7 Å². The fourth-order valence-electron chi connectivity index (χ4n) is 3.29. The Morgan fingerprint density at radius 3 is 2.55 bits per heavy atom. The van der Waals surface area contributed by atoms with Crippen LogP contribution < -0.4 is 5.32 Å². The molecule has 2 aromatic carbocycles. The molecule has 0 spiro atoms. The summed E-state index contributed by atoms with van der Waals surface area (Å²) in [6.07, 6.45) is 0. The maximum atomic E-state index is 12.9. The Kier molecular flexibility index (Phi) is 7.32. The van der Waals surface area contributed by atoms with Gasteiger partial charge in [0.25, 0.3) is 5.91 Å². The van der Waals surface area contributed by atoms with Crippen molar-refractivity contribution in [3.8, 4) is 6.07 Å². The van der Waals surface area contributed by atoms with E-state index < -0.39 is 0 Å². The molecule has 0 atom stereocenters. The molecule has 1 heterocycles. The van der Waals surface area contributed by atoms with Gasteiger partial charge < -0.3 is 10.1 Å². The number of thioether (sulfide) groups is 1. The topological polar surface area (TPSA) is 65.4 Å². The average molecular weight is 410 g/mol. The maximum Gasteiger partial charge on any atom is 0.252 e. The highest BCUT2D eigenvalue weighted by Gasteiger charge is 2.28. The van der Waals surface area contributed by atoms with E-state index in [1.54, 1.807) is 11.8 Å². The number of rotatable bonds is 7. The highest BCUT2D eigenvalue weighted by atomic mass is 32.2. The summed E-state index contributed by atoms with van der Waals surface area (Å²) in [7, 11) is 0. The van der Waals surface area contributed by atoms with Crippen LogP contribution in [0.5, 0.6) is 0 Å². The number of benzene rings is 2. The first-order valence-electron chi connectivity index (χ1n) is 9.81. The summed E-state index contributed by atoms with van der Waals surface area (Å²) >= 11 is 1.63. The highest BCUT2D eigenvalue weighted by Crippen LogP contribution is 2.26. The van der Waals surface area contributed by atoms with Crippen LogP contribution in [0.4, 0.5) is 0 Å². The third kappa shape index (κ3) is 5.83. The van der Waals surface area contributed by atoms with E-state index in [-0.39, 0.29) is 11.4 Å². The van der Waals surface area contributed by atoms with Gasteiger partial charge in [0, 0.05) is 35.8 Å². The Bertz CT molecular complexity index is 868. The number of hydrogen-bond acceptors (Lipinski definition) is 5. The summed E-state index contributed by atoms with van der Waals surface area (Å²) < 4.78 is 5.43. The molecule has 0 radical (unpaired) electrons. The van der Waals surface area contributed by atoms with Gasteiger partial charge in [-0.2, -0.15) is 5.26 Å². The van der Waals surface area contributed by atoms with Gasteiger partial charge in [-0.3, -0.25) is 9.69 Å². The van der Waals surface area contributed by atoms with Gasteiger partial charge in [0.15, 0.2) is 0 Å². The summed E-state index contributed by atoms with van der Waals surface area (Å²) in [4.78, 5) is 16.2. The predicted octanol–water partition coefficient (Wildman–Crippen LogP) is 3.69. The van der Waals surface area contributed by atoms with Crippen molar-refractivity contribution in [1.82, 2.24) is 10.2 Å². The van der Waals surface area contributed by atoms with Crippen LogP contribution in [0.3, 0.4) is 0 Å². The first-order valence-corrected chi connectivity index (χ1v) is 10.8. The fourth-order valence-corrected chi connectivity index (χ4v) is 4.29. The van der Waals surface area contributed by atoms with E-state index in [2.05, 4.69) is 30.1 Å². The number of amides is 1. The van der Waals surface area contributed by atoms with Gasteiger partial charge in [0.05, 0.1) is 30.4 Å². The lowest BCUT2D eigenvalue weighted by Gasteiger charge is -2.40. The van der Waals surface area contributed by atoms with Crippen molar-refractivity contribution in [3.63, 3.8) is 0 Å². The maximum absolute atomic E-state index is 12.9. The number of morpholine rings is 1. The van der Waals surface area contributed by atoms with Gasteiger partial charge in [0.1, 0.15) is 0 Å².